The Labute approximate surface area is 102 Å². The van der Waals surface area contributed by atoms with Crippen LogP contribution < -0.4 is 0 Å². The second kappa shape index (κ2) is 38.6. The monoisotopic (exact) mass is 242 g/mol. The molecule has 1 rings (SSSR count). The largest absolute Gasteiger partial charge is 0.281 e. The second-order valence-electron chi connectivity index (χ2n) is 1.82. The Bertz CT molecular complexity index is 156. The van der Waals surface area contributed by atoms with E-state index in [9.17, 15) is 0 Å². The summed E-state index contributed by atoms with van der Waals surface area (Å²) in [6, 6.07) is 0. The molecule has 0 fully saturated rings. The van der Waals surface area contributed by atoms with E-state index < -0.39 is 0 Å². The summed E-state index contributed by atoms with van der Waals surface area (Å²) in [5.41, 5.74) is 0. The van der Waals surface area contributed by atoms with E-state index in [0.29, 0.717) is 0 Å². The summed E-state index contributed by atoms with van der Waals surface area (Å²) in [5.74, 6) is 0. The van der Waals surface area contributed by atoms with E-state index >= 15 is 0 Å². The number of hydrogen-bond donors (Lipinski definition) is 0. The quantitative estimate of drug-likeness (QED) is 0.642. The number of carbonyl (C=O) groups excluding carboxylic acids is 3. The Morgan fingerprint density at radius 3 is 1.13 bits per heavy atom. The Balaban J connectivity index is -0.0000000755. The summed E-state index contributed by atoms with van der Waals surface area (Å²) in [6.45, 7) is 13.5. The summed E-state index contributed by atoms with van der Waals surface area (Å²) in [5, 5.41) is 0. The molecule has 0 unspecified atom stereocenters. The first-order valence-electron chi connectivity index (χ1n) is 3.60. The van der Waals surface area contributed by atoms with Crippen molar-refractivity contribution in [1.29, 1.82) is 0 Å². The smallest absolute Gasteiger partial charge is 0.281 e. The third-order valence-electron chi connectivity index (χ3n) is 1.11. The van der Waals surface area contributed by atoms with Crippen molar-refractivity contribution in [2.24, 2.45) is 0 Å². The van der Waals surface area contributed by atoms with Gasteiger partial charge in [0.05, 0.1) is 0 Å². The van der Waals surface area contributed by atoms with Crippen LogP contribution in [0.15, 0.2) is 36.5 Å². The van der Waals surface area contributed by atoms with E-state index in [1.807, 2.05) is 0 Å². The Hall–Kier alpha value is -1.24. The maximum absolute atomic E-state index is 7.50. The van der Waals surface area contributed by atoms with E-state index in [0.717, 1.165) is 0 Å². The minimum absolute atomic E-state index is 0. The molecule has 0 N–H and O–H groups in total. The van der Waals surface area contributed by atoms with Gasteiger partial charge >= 0.3 is 0 Å². The fraction of sp³-hybridized carbons (Fsp3) is 0.182. The first-order chi connectivity index (χ1) is 7.00. The van der Waals surface area contributed by atoms with Crippen LogP contribution in [-0.4, -0.2) is 20.4 Å². The maximum Gasteiger partial charge on any atom is 0.281 e. The predicted molar refractivity (Wildman–Crippen MR) is 53.7 cm³/mol. The molecule has 78 valence electrons. The van der Waals surface area contributed by atoms with Crippen LogP contribution in [0.3, 0.4) is 0 Å². The number of rotatable bonds is 0. The molecule has 0 amide bonds. The zero-order chi connectivity index (χ0) is 11.7. The molecule has 0 heterocycles. The fourth-order valence-electron chi connectivity index (χ4n) is 0.670. The molecular formula is C11H10CrO3. The third-order valence-corrected chi connectivity index (χ3v) is 1.11. The van der Waals surface area contributed by atoms with Gasteiger partial charge in [0.25, 0.3) is 20.4 Å². The van der Waals surface area contributed by atoms with Gasteiger partial charge in [-0.3, -0.25) is 14.4 Å². The van der Waals surface area contributed by atoms with Crippen LogP contribution in [0.25, 0.3) is 0 Å². The zero-order valence-corrected chi connectivity index (χ0v) is 9.29. The van der Waals surface area contributed by atoms with Crippen molar-refractivity contribution >= 4 is 20.4 Å². The third kappa shape index (κ3) is 32.3. The van der Waals surface area contributed by atoms with Crippen LogP contribution in [0, 0.1) is 0 Å². The minimum Gasteiger partial charge on any atom is -0.281 e. The molecule has 0 aromatic rings. The molecule has 0 aromatic carbocycles. The standard InChI is InChI=1S/C8H10.3CO.Cr/c1-2-4-6-8-7-5-3-1;3*1-2;/h1-6H,7-8H2;;;;/b2-1-,5-3-,6-4-;;;;. The molecule has 4 heteroatoms. The van der Waals surface area contributed by atoms with Crippen LogP contribution in [0.1, 0.15) is 12.8 Å². The van der Waals surface area contributed by atoms with E-state index in [4.69, 9.17) is 14.4 Å². The van der Waals surface area contributed by atoms with Gasteiger partial charge in [0.2, 0.25) is 0 Å². The molecule has 0 atom stereocenters. The Morgan fingerprint density at radius 1 is 0.600 bits per heavy atom. The molecular weight excluding hydrogens is 232 g/mol. The molecule has 0 aromatic heterocycles. The van der Waals surface area contributed by atoms with Gasteiger partial charge in [0.1, 0.15) is 0 Å². The van der Waals surface area contributed by atoms with Crippen molar-refractivity contribution in [1.82, 2.24) is 0 Å². The van der Waals surface area contributed by atoms with Gasteiger partial charge in [-0.05, 0) is 12.8 Å². The number of allylic oxidation sites excluding steroid dienone is 6. The van der Waals surface area contributed by atoms with Crippen molar-refractivity contribution in [3.8, 4) is 0 Å². The molecule has 6 radical (unpaired) electrons. The van der Waals surface area contributed by atoms with Crippen molar-refractivity contribution in [2.75, 3.05) is 0 Å². The Morgan fingerprint density at radius 2 is 0.867 bits per heavy atom. The minimum atomic E-state index is 0. The SMILES string of the molecule is C1=C\C=C/CC\C=C/1.[C]=O.[C]=O.[C]=O.[Cr]. The molecule has 0 bridgehead atoms. The maximum atomic E-state index is 7.50. The first-order valence-corrected chi connectivity index (χ1v) is 3.60. The summed E-state index contributed by atoms with van der Waals surface area (Å²) in [6.07, 6.45) is 15.0. The van der Waals surface area contributed by atoms with E-state index in [1.165, 1.54) is 12.8 Å². The van der Waals surface area contributed by atoms with Crippen LogP contribution in [-0.2, 0) is 31.7 Å². The first kappa shape index (κ1) is 23.5. The van der Waals surface area contributed by atoms with Crippen molar-refractivity contribution in [2.45, 2.75) is 12.8 Å². The fourth-order valence-corrected chi connectivity index (χ4v) is 0.670. The average molecular weight is 242 g/mol. The molecule has 1 aliphatic rings. The normalized spacial score (nSPS) is 16.8. The molecule has 1 aliphatic carbocycles. The number of hydrogen-bond acceptors (Lipinski definition) is 3. The van der Waals surface area contributed by atoms with Gasteiger partial charge in [-0.2, -0.15) is 0 Å². The summed E-state index contributed by atoms with van der Waals surface area (Å²) < 4.78 is 0. The predicted octanol–water partition coefficient (Wildman–Crippen LogP) is 1.25. The summed E-state index contributed by atoms with van der Waals surface area (Å²) >= 11 is 0. The molecule has 0 aliphatic heterocycles. The molecule has 0 saturated heterocycles. The van der Waals surface area contributed by atoms with Crippen LogP contribution in [0.2, 0.25) is 0 Å². The average Bonchev–Trinajstić information content (AvgIpc) is 2.26. The van der Waals surface area contributed by atoms with Gasteiger partial charge in [-0.1, -0.05) is 36.5 Å². The van der Waals surface area contributed by atoms with Gasteiger partial charge in [-0.25, -0.2) is 0 Å². The summed E-state index contributed by atoms with van der Waals surface area (Å²) in [4.78, 5) is 22.5. The van der Waals surface area contributed by atoms with Crippen molar-refractivity contribution in [3.05, 3.63) is 36.5 Å². The molecule has 15 heavy (non-hydrogen) atoms. The van der Waals surface area contributed by atoms with E-state index in [-0.39, 0.29) is 17.4 Å². The molecule has 3 nitrogen and oxygen atoms in total. The second-order valence-corrected chi connectivity index (χ2v) is 1.82. The van der Waals surface area contributed by atoms with E-state index in [1.54, 1.807) is 0 Å². The molecule has 0 saturated carbocycles. The van der Waals surface area contributed by atoms with Crippen LogP contribution in [0.5, 0.6) is 0 Å². The van der Waals surface area contributed by atoms with Crippen LogP contribution >= 0.6 is 0 Å². The Kier molecular flexibility index (Phi) is 60.5. The topological polar surface area (TPSA) is 51.2 Å². The van der Waals surface area contributed by atoms with Gasteiger partial charge in [0, 0.05) is 17.4 Å². The summed E-state index contributed by atoms with van der Waals surface area (Å²) in [7, 11) is 0. The van der Waals surface area contributed by atoms with Gasteiger partial charge in [0.15, 0.2) is 0 Å². The van der Waals surface area contributed by atoms with Crippen LogP contribution in [0.4, 0.5) is 0 Å². The molecule has 0 spiro atoms. The van der Waals surface area contributed by atoms with Gasteiger partial charge in [-0.15, -0.1) is 0 Å². The van der Waals surface area contributed by atoms with Crippen molar-refractivity contribution in [3.63, 3.8) is 0 Å². The van der Waals surface area contributed by atoms with E-state index in [2.05, 4.69) is 56.8 Å². The van der Waals surface area contributed by atoms with Gasteiger partial charge < -0.3 is 0 Å². The van der Waals surface area contributed by atoms with Crippen molar-refractivity contribution < 1.29 is 31.7 Å². The zero-order valence-electron chi connectivity index (χ0n) is 8.01.